The molecule has 4 nitrogen and oxygen atoms in total. The van der Waals surface area contributed by atoms with Gasteiger partial charge in [0.05, 0.1) is 12.7 Å². The molecule has 152 valence electrons. The molecule has 0 aliphatic carbocycles. The Morgan fingerprint density at radius 1 is 1.14 bits per heavy atom. The summed E-state index contributed by atoms with van der Waals surface area (Å²) in [5.41, 5.74) is 4.88. The zero-order valence-corrected chi connectivity index (χ0v) is 17.5. The standard InChI is InChI=1S/C23H29NO3.ClH/c1-3-22(23(25)26)24-14-12-20(13-15-24)27-16-19-6-4-5-7-21(19)18-10-8-17(2)9-11-18;/h4-11,20,22H,3,12-16H2,1-2H3,(H,25,26);1H. The minimum atomic E-state index is -0.719. The molecular formula is C23H30ClNO3. The SMILES string of the molecule is CCC(C(=O)O)N1CCC(OCc2ccccc2-c2ccc(C)cc2)CC1.Cl. The summed E-state index contributed by atoms with van der Waals surface area (Å²) in [6.45, 7) is 6.19. The fourth-order valence-electron chi connectivity index (χ4n) is 3.81. The quantitative estimate of drug-likeness (QED) is 0.712. The lowest BCUT2D eigenvalue weighted by Gasteiger charge is -2.35. The fraction of sp³-hybridized carbons (Fsp3) is 0.435. The maximum atomic E-state index is 11.3. The average Bonchev–Trinajstić information content (AvgIpc) is 2.68. The highest BCUT2D eigenvalue weighted by molar-refractivity contribution is 5.85. The minimum Gasteiger partial charge on any atom is -0.480 e. The number of aryl methyl sites for hydroxylation is 1. The lowest BCUT2D eigenvalue weighted by atomic mass is 9.99. The highest BCUT2D eigenvalue weighted by Gasteiger charge is 2.28. The van der Waals surface area contributed by atoms with Crippen molar-refractivity contribution in [2.24, 2.45) is 0 Å². The molecule has 3 rings (SSSR count). The molecule has 1 atom stereocenters. The van der Waals surface area contributed by atoms with Crippen molar-refractivity contribution in [1.82, 2.24) is 4.90 Å². The van der Waals surface area contributed by atoms with Crippen LogP contribution in [-0.2, 0) is 16.1 Å². The molecule has 1 N–H and O–H groups in total. The van der Waals surface area contributed by atoms with E-state index >= 15 is 0 Å². The highest BCUT2D eigenvalue weighted by atomic mass is 35.5. The number of likely N-dealkylation sites (tertiary alicyclic amines) is 1. The zero-order valence-electron chi connectivity index (χ0n) is 16.6. The third-order valence-corrected chi connectivity index (χ3v) is 5.44. The molecule has 1 heterocycles. The second kappa shape index (κ2) is 10.6. The number of carboxylic acid groups (broad SMARTS) is 1. The van der Waals surface area contributed by atoms with Gasteiger partial charge in [-0.15, -0.1) is 12.4 Å². The van der Waals surface area contributed by atoms with Crippen LogP contribution in [0.3, 0.4) is 0 Å². The summed E-state index contributed by atoms with van der Waals surface area (Å²) < 4.78 is 6.20. The molecule has 0 aromatic heterocycles. The van der Waals surface area contributed by atoms with Crippen molar-refractivity contribution < 1.29 is 14.6 Å². The molecule has 0 bridgehead atoms. The molecule has 0 radical (unpaired) electrons. The van der Waals surface area contributed by atoms with Gasteiger partial charge in [0.15, 0.2) is 0 Å². The lowest BCUT2D eigenvalue weighted by Crippen LogP contribution is -2.46. The molecule has 2 aromatic carbocycles. The summed E-state index contributed by atoms with van der Waals surface area (Å²) in [4.78, 5) is 13.4. The van der Waals surface area contributed by atoms with E-state index in [0.29, 0.717) is 13.0 Å². The largest absolute Gasteiger partial charge is 0.480 e. The number of rotatable bonds is 7. The number of benzene rings is 2. The highest BCUT2D eigenvalue weighted by Crippen LogP contribution is 2.26. The Hall–Kier alpha value is -1.88. The summed E-state index contributed by atoms with van der Waals surface area (Å²) in [5, 5.41) is 9.33. The number of hydrogen-bond donors (Lipinski definition) is 1. The molecule has 1 unspecified atom stereocenters. The average molecular weight is 404 g/mol. The van der Waals surface area contributed by atoms with Gasteiger partial charge < -0.3 is 9.84 Å². The van der Waals surface area contributed by atoms with Crippen LogP contribution in [0, 0.1) is 6.92 Å². The first-order chi connectivity index (χ1) is 13.1. The number of hydrogen-bond acceptors (Lipinski definition) is 3. The first kappa shape index (κ1) is 22.4. The Bertz CT molecular complexity index is 755. The molecule has 1 aliphatic rings. The van der Waals surface area contributed by atoms with E-state index in [2.05, 4.69) is 60.4 Å². The number of nitrogens with zero attached hydrogens (tertiary/aromatic N) is 1. The summed E-state index contributed by atoms with van der Waals surface area (Å²) in [6, 6.07) is 16.6. The Morgan fingerprint density at radius 3 is 2.39 bits per heavy atom. The molecule has 28 heavy (non-hydrogen) atoms. The number of carboxylic acids is 1. The molecule has 1 fully saturated rings. The number of ether oxygens (including phenoxy) is 1. The zero-order chi connectivity index (χ0) is 19.2. The lowest BCUT2D eigenvalue weighted by molar-refractivity contribution is -0.144. The number of piperidine rings is 1. The predicted octanol–water partition coefficient (Wildman–Crippen LogP) is 4.93. The second-order valence-electron chi connectivity index (χ2n) is 7.33. The van der Waals surface area contributed by atoms with Crippen LogP contribution in [0.15, 0.2) is 48.5 Å². The van der Waals surface area contributed by atoms with Crippen LogP contribution in [0.4, 0.5) is 0 Å². The van der Waals surface area contributed by atoms with Crippen LogP contribution in [-0.4, -0.2) is 41.2 Å². The first-order valence-electron chi connectivity index (χ1n) is 9.82. The van der Waals surface area contributed by atoms with Crippen LogP contribution < -0.4 is 0 Å². The Morgan fingerprint density at radius 2 is 1.79 bits per heavy atom. The van der Waals surface area contributed by atoms with E-state index in [0.717, 1.165) is 25.9 Å². The number of carbonyl (C=O) groups is 1. The van der Waals surface area contributed by atoms with Gasteiger partial charge in [-0.3, -0.25) is 9.69 Å². The van der Waals surface area contributed by atoms with Crippen LogP contribution >= 0.6 is 12.4 Å². The van der Waals surface area contributed by atoms with Crippen molar-refractivity contribution in [3.63, 3.8) is 0 Å². The molecule has 2 aromatic rings. The van der Waals surface area contributed by atoms with Gasteiger partial charge in [0.25, 0.3) is 0 Å². The Kier molecular flexibility index (Phi) is 8.49. The smallest absolute Gasteiger partial charge is 0.320 e. The van der Waals surface area contributed by atoms with Crippen LogP contribution in [0.2, 0.25) is 0 Å². The summed E-state index contributed by atoms with van der Waals surface area (Å²) in [7, 11) is 0. The molecule has 5 heteroatoms. The molecule has 0 spiro atoms. The van der Waals surface area contributed by atoms with Crippen molar-refractivity contribution in [3.8, 4) is 11.1 Å². The van der Waals surface area contributed by atoms with Gasteiger partial charge in [0.2, 0.25) is 0 Å². The van der Waals surface area contributed by atoms with Crippen LogP contribution in [0.1, 0.15) is 37.3 Å². The maximum Gasteiger partial charge on any atom is 0.320 e. The Balaban J connectivity index is 0.00000280. The first-order valence-corrected chi connectivity index (χ1v) is 9.82. The van der Waals surface area contributed by atoms with E-state index in [4.69, 9.17) is 4.74 Å². The van der Waals surface area contributed by atoms with Crippen LogP contribution in [0.25, 0.3) is 11.1 Å². The van der Waals surface area contributed by atoms with Crippen molar-refractivity contribution in [3.05, 3.63) is 59.7 Å². The maximum absolute atomic E-state index is 11.3. The molecule has 0 saturated carbocycles. The molecule has 0 amide bonds. The van der Waals surface area contributed by atoms with E-state index in [1.165, 1.54) is 22.3 Å². The summed E-state index contributed by atoms with van der Waals surface area (Å²) in [6.07, 6.45) is 2.61. The molecular weight excluding hydrogens is 374 g/mol. The van der Waals surface area contributed by atoms with E-state index in [-0.39, 0.29) is 24.6 Å². The van der Waals surface area contributed by atoms with Gasteiger partial charge >= 0.3 is 5.97 Å². The summed E-state index contributed by atoms with van der Waals surface area (Å²) in [5.74, 6) is -0.719. The van der Waals surface area contributed by atoms with Gasteiger partial charge in [0, 0.05) is 13.1 Å². The third kappa shape index (κ3) is 5.57. The van der Waals surface area contributed by atoms with Gasteiger partial charge in [-0.2, -0.15) is 0 Å². The van der Waals surface area contributed by atoms with Crippen molar-refractivity contribution in [2.45, 2.75) is 51.9 Å². The van der Waals surface area contributed by atoms with Crippen molar-refractivity contribution >= 4 is 18.4 Å². The van der Waals surface area contributed by atoms with Gasteiger partial charge in [-0.05, 0) is 42.9 Å². The second-order valence-corrected chi connectivity index (χ2v) is 7.33. The number of aliphatic carboxylic acids is 1. The molecule has 1 aliphatic heterocycles. The van der Waals surface area contributed by atoms with E-state index < -0.39 is 5.97 Å². The number of halogens is 1. The van der Waals surface area contributed by atoms with Gasteiger partial charge in [-0.1, -0.05) is 61.0 Å². The Labute approximate surface area is 173 Å². The topological polar surface area (TPSA) is 49.8 Å². The predicted molar refractivity (Wildman–Crippen MR) is 115 cm³/mol. The third-order valence-electron chi connectivity index (χ3n) is 5.44. The minimum absolute atomic E-state index is 0. The van der Waals surface area contributed by atoms with E-state index in [1.54, 1.807) is 0 Å². The summed E-state index contributed by atoms with van der Waals surface area (Å²) >= 11 is 0. The van der Waals surface area contributed by atoms with Crippen molar-refractivity contribution in [2.75, 3.05) is 13.1 Å². The normalized spacial score (nSPS) is 16.4. The van der Waals surface area contributed by atoms with Crippen molar-refractivity contribution in [1.29, 1.82) is 0 Å². The van der Waals surface area contributed by atoms with E-state index in [9.17, 15) is 9.90 Å². The van der Waals surface area contributed by atoms with E-state index in [1.807, 2.05) is 6.92 Å². The monoisotopic (exact) mass is 403 g/mol. The van der Waals surface area contributed by atoms with Gasteiger partial charge in [-0.25, -0.2) is 0 Å². The van der Waals surface area contributed by atoms with Gasteiger partial charge in [0.1, 0.15) is 6.04 Å². The fourth-order valence-corrected chi connectivity index (χ4v) is 3.81. The molecule has 1 saturated heterocycles. The van der Waals surface area contributed by atoms with Crippen LogP contribution in [0.5, 0.6) is 0 Å².